The molecule has 5 heteroatoms. The third-order valence-electron chi connectivity index (χ3n) is 2.99. The average molecular weight is 247 g/mol. The molecule has 1 rings (SSSR count). The van der Waals surface area contributed by atoms with E-state index in [2.05, 4.69) is 5.32 Å². The maximum Gasteiger partial charge on any atom is 0.0897 e. The Balaban J connectivity index is 1.98. The monoisotopic (exact) mass is 247 g/mol. The van der Waals surface area contributed by atoms with Gasteiger partial charge in [-0.15, -0.1) is 0 Å². The molecular weight excluding hydrogens is 222 g/mol. The molecule has 5 nitrogen and oxygen atoms in total. The van der Waals surface area contributed by atoms with Crippen molar-refractivity contribution in [1.82, 2.24) is 5.32 Å². The molecule has 102 valence electrons. The highest BCUT2D eigenvalue weighted by Gasteiger charge is 2.16. The van der Waals surface area contributed by atoms with Crippen molar-refractivity contribution in [3.63, 3.8) is 0 Å². The van der Waals surface area contributed by atoms with Crippen LogP contribution in [0.5, 0.6) is 0 Å². The van der Waals surface area contributed by atoms with E-state index in [0.29, 0.717) is 19.8 Å². The Labute approximate surface area is 103 Å². The second-order valence-corrected chi connectivity index (χ2v) is 4.52. The van der Waals surface area contributed by atoms with Gasteiger partial charge in [-0.05, 0) is 19.3 Å². The Kier molecular flexibility index (Phi) is 7.72. The second kappa shape index (κ2) is 8.83. The fraction of sp³-hybridized carbons (Fsp3) is 1.00. The van der Waals surface area contributed by atoms with Crippen LogP contribution in [0.2, 0.25) is 0 Å². The molecule has 17 heavy (non-hydrogen) atoms. The highest BCUT2D eigenvalue weighted by Crippen LogP contribution is 2.11. The first kappa shape index (κ1) is 14.9. The summed E-state index contributed by atoms with van der Waals surface area (Å²) < 4.78 is 10.8. The van der Waals surface area contributed by atoms with E-state index in [1.54, 1.807) is 0 Å². The summed E-state index contributed by atoms with van der Waals surface area (Å²) >= 11 is 0. The van der Waals surface area contributed by atoms with Crippen molar-refractivity contribution in [2.75, 3.05) is 33.0 Å². The summed E-state index contributed by atoms with van der Waals surface area (Å²) in [5, 5.41) is 21.7. The van der Waals surface area contributed by atoms with E-state index in [9.17, 15) is 5.11 Å². The summed E-state index contributed by atoms with van der Waals surface area (Å²) in [7, 11) is 0. The minimum absolute atomic E-state index is 0.0582. The van der Waals surface area contributed by atoms with Crippen molar-refractivity contribution in [3.8, 4) is 0 Å². The van der Waals surface area contributed by atoms with Crippen molar-refractivity contribution in [2.24, 2.45) is 0 Å². The van der Waals surface area contributed by atoms with Gasteiger partial charge in [0.1, 0.15) is 0 Å². The van der Waals surface area contributed by atoms with Gasteiger partial charge in [0.25, 0.3) is 0 Å². The van der Waals surface area contributed by atoms with E-state index in [-0.39, 0.29) is 18.8 Å². The van der Waals surface area contributed by atoms with E-state index in [1.165, 1.54) is 0 Å². The van der Waals surface area contributed by atoms with Gasteiger partial charge >= 0.3 is 0 Å². The van der Waals surface area contributed by atoms with Gasteiger partial charge in [-0.2, -0.15) is 0 Å². The molecule has 0 aromatic rings. The molecule has 1 aliphatic rings. The predicted molar refractivity (Wildman–Crippen MR) is 65.0 cm³/mol. The number of nitrogens with one attached hydrogen (secondary N) is 1. The lowest BCUT2D eigenvalue weighted by Crippen LogP contribution is -2.39. The van der Waals surface area contributed by atoms with Crippen molar-refractivity contribution in [3.05, 3.63) is 0 Å². The van der Waals surface area contributed by atoms with Crippen LogP contribution in [-0.4, -0.2) is 61.4 Å². The summed E-state index contributed by atoms with van der Waals surface area (Å²) in [6, 6.07) is 0.0582. The topological polar surface area (TPSA) is 71.0 Å². The molecule has 0 amide bonds. The zero-order chi connectivity index (χ0) is 12.5. The lowest BCUT2D eigenvalue weighted by molar-refractivity contribution is -0.0173. The van der Waals surface area contributed by atoms with Gasteiger partial charge in [-0.3, -0.25) is 0 Å². The smallest absolute Gasteiger partial charge is 0.0897 e. The van der Waals surface area contributed by atoms with Gasteiger partial charge in [-0.25, -0.2) is 0 Å². The normalized spacial score (nSPS) is 23.8. The van der Waals surface area contributed by atoms with Gasteiger partial charge in [0, 0.05) is 19.2 Å². The molecule has 0 bridgehead atoms. The van der Waals surface area contributed by atoms with Crippen molar-refractivity contribution in [2.45, 2.75) is 44.4 Å². The molecule has 3 atom stereocenters. The Morgan fingerprint density at radius 2 is 2.35 bits per heavy atom. The molecule has 0 saturated carbocycles. The molecule has 0 aromatic carbocycles. The predicted octanol–water partition coefficient (Wildman–Crippen LogP) is -0.0966. The summed E-state index contributed by atoms with van der Waals surface area (Å²) in [5.41, 5.74) is 0. The fourth-order valence-corrected chi connectivity index (χ4v) is 1.81. The van der Waals surface area contributed by atoms with E-state index in [4.69, 9.17) is 14.6 Å². The Morgan fingerprint density at radius 1 is 1.53 bits per heavy atom. The maximum absolute atomic E-state index is 9.65. The van der Waals surface area contributed by atoms with Crippen LogP contribution < -0.4 is 5.32 Å². The molecule has 1 heterocycles. The number of aliphatic hydroxyl groups is 2. The van der Waals surface area contributed by atoms with E-state index < -0.39 is 6.10 Å². The Bertz CT molecular complexity index is 181. The van der Waals surface area contributed by atoms with Crippen LogP contribution in [0.1, 0.15) is 26.2 Å². The number of aliphatic hydroxyl groups excluding tert-OH is 2. The zero-order valence-corrected chi connectivity index (χ0v) is 10.6. The van der Waals surface area contributed by atoms with Gasteiger partial charge < -0.3 is 25.0 Å². The first-order chi connectivity index (χ1) is 8.26. The van der Waals surface area contributed by atoms with Crippen LogP contribution in [0.15, 0.2) is 0 Å². The third kappa shape index (κ3) is 6.33. The van der Waals surface area contributed by atoms with Gasteiger partial charge in [-0.1, -0.05) is 6.92 Å². The fourth-order valence-electron chi connectivity index (χ4n) is 1.81. The van der Waals surface area contributed by atoms with Crippen LogP contribution in [-0.2, 0) is 9.47 Å². The molecule has 0 aromatic heterocycles. The molecular formula is C12H25NO4. The van der Waals surface area contributed by atoms with Gasteiger partial charge in [0.15, 0.2) is 0 Å². The van der Waals surface area contributed by atoms with E-state index >= 15 is 0 Å². The van der Waals surface area contributed by atoms with Crippen LogP contribution in [0.4, 0.5) is 0 Å². The minimum Gasteiger partial charge on any atom is -0.395 e. The van der Waals surface area contributed by atoms with Crippen LogP contribution in [0, 0.1) is 0 Å². The molecule has 0 spiro atoms. The van der Waals surface area contributed by atoms with Crippen LogP contribution in [0.25, 0.3) is 0 Å². The number of ether oxygens (including phenoxy) is 2. The first-order valence-electron chi connectivity index (χ1n) is 6.47. The van der Waals surface area contributed by atoms with Crippen LogP contribution in [0.3, 0.4) is 0 Å². The largest absolute Gasteiger partial charge is 0.395 e. The quantitative estimate of drug-likeness (QED) is 0.531. The first-order valence-corrected chi connectivity index (χ1v) is 6.47. The molecule has 3 N–H and O–H groups in total. The summed E-state index contributed by atoms with van der Waals surface area (Å²) in [6.45, 7) is 4.24. The SMILES string of the molecule is CCC(CO)NCC(O)COCC1CCCO1. The highest BCUT2D eigenvalue weighted by molar-refractivity contribution is 4.68. The number of rotatable bonds is 9. The molecule has 0 aliphatic carbocycles. The number of hydrogen-bond acceptors (Lipinski definition) is 5. The second-order valence-electron chi connectivity index (χ2n) is 4.52. The molecule has 3 unspecified atom stereocenters. The Hall–Kier alpha value is -0.200. The molecule has 1 aliphatic heterocycles. The third-order valence-corrected chi connectivity index (χ3v) is 2.99. The lowest BCUT2D eigenvalue weighted by atomic mass is 10.2. The highest BCUT2D eigenvalue weighted by atomic mass is 16.5. The van der Waals surface area contributed by atoms with Crippen molar-refractivity contribution < 1.29 is 19.7 Å². The Morgan fingerprint density at radius 3 is 2.94 bits per heavy atom. The maximum atomic E-state index is 9.65. The van der Waals surface area contributed by atoms with Gasteiger partial charge in [0.2, 0.25) is 0 Å². The molecule has 0 radical (unpaired) electrons. The summed E-state index contributed by atoms with van der Waals surface area (Å²) in [4.78, 5) is 0. The van der Waals surface area contributed by atoms with Gasteiger partial charge in [0.05, 0.1) is 32.0 Å². The number of hydrogen-bond donors (Lipinski definition) is 3. The standard InChI is InChI=1S/C12H25NO4/c1-2-10(7-14)13-6-11(15)8-16-9-12-4-3-5-17-12/h10-15H,2-9H2,1H3. The zero-order valence-electron chi connectivity index (χ0n) is 10.6. The minimum atomic E-state index is -0.531. The van der Waals surface area contributed by atoms with E-state index in [1.807, 2.05) is 6.92 Å². The molecule has 1 fully saturated rings. The van der Waals surface area contributed by atoms with E-state index in [0.717, 1.165) is 25.9 Å². The van der Waals surface area contributed by atoms with Crippen molar-refractivity contribution >= 4 is 0 Å². The molecule has 1 saturated heterocycles. The van der Waals surface area contributed by atoms with Crippen molar-refractivity contribution in [1.29, 1.82) is 0 Å². The summed E-state index contributed by atoms with van der Waals surface area (Å²) in [6.07, 6.45) is 2.68. The van der Waals surface area contributed by atoms with Crippen LogP contribution >= 0.6 is 0 Å². The summed E-state index contributed by atoms with van der Waals surface area (Å²) in [5.74, 6) is 0. The average Bonchev–Trinajstić information content (AvgIpc) is 2.83. The lowest BCUT2D eigenvalue weighted by Gasteiger charge is -2.18.